The number of nitrogens with zero attached hydrogens (tertiary/aromatic N) is 4. The molecule has 1 amide bonds. The van der Waals surface area contributed by atoms with Gasteiger partial charge in [0.1, 0.15) is 0 Å². The van der Waals surface area contributed by atoms with Crippen molar-refractivity contribution in [2.24, 2.45) is 0 Å². The second kappa shape index (κ2) is 8.95. The molecular formula is C25H19F2N5O2S. The number of aryl methyl sites for hydroxylation is 1. The molecule has 0 saturated carbocycles. The molecule has 1 N–H and O–H groups in total. The van der Waals surface area contributed by atoms with Gasteiger partial charge in [-0.15, -0.1) is 10.2 Å². The van der Waals surface area contributed by atoms with Crippen molar-refractivity contribution < 1.29 is 13.6 Å². The minimum Gasteiger partial charge on any atom is -0.325 e. The number of fused-ring (bicyclic) bond motifs is 3. The van der Waals surface area contributed by atoms with E-state index in [1.165, 1.54) is 10.6 Å². The van der Waals surface area contributed by atoms with Crippen LogP contribution < -0.4 is 10.9 Å². The second-order valence-corrected chi connectivity index (χ2v) is 9.25. The molecule has 1 atom stereocenters. The van der Waals surface area contributed by atoms with Crippen molar-refractivity contribution in [2.45, 2.75) is 24.3 Å². The van der Waals surface area contributed by atoms with Gasteiger partial charge < -0.3 is 5.32 Å². The first kappa shape index (κ1) is 22.7. The Hall–Kier alpha value is -4.05. The Bertz CT molecular complexity index is 1660. The first-order valence-electron chi connectivity index (χ1n) is 10.7. The molecule has 10 heteroatoms. The van der Waals surface area contributed by atoms with Gasteiger partial charge in [-0.2, -0.15) is 0 Å². The molecule has 1 unspecified atom stereocenters. The largest absolute Gasteiger partial charge is 0.325 e. The normalized spacial score (nSPS) is 12.2. The number of carbonyl (C=O) groups is 1. The van der Waals surface area contributed by atoms with Gasteiger partial charge >= 0.3 is 0 Å². The monoisotopic (exact) mass is 491 g/mol. The van der Waals surface area contributed by atoms with Gasteiger partial charge in [-0.25, -0.2) is 13.3 Å². The van der Waals surface area contributed by atoms with Crippen molar-refractivity contribution in [1.29, 1.82) is 0 Å². The highest BCUT2D eigenvalue weighted by molar-refractivity contribution is 8.00. The van der Waals surface area contributed by atoms with E-state index in [1.807, 2.05) is 37.3 Å². The Morgan fingerprint density at radius 2 is 1.74 bits per heavy atom. The van der Waals surface area contributed by atoms with Gasteiger partial charge in [0.25, 0.3) is 5.56 Å². The molecule has 2 aromatic heterocycles. The average molecular weight is 492 g/mol. The third-order valence-corrected chi connectivity index (χ3v) is 6.63. The van der Waals surface area contributed by atoms with Gasteiger partial charge in [0.05, 0.1) is 21.8 Å². The summed E-state index contributed by atoms with van der Waals surface area (Å²) in [5.41, 5.74) is 2.10. The highest BCUT2D eigenvalue weighted by Gasteiger charge is 2.23. The number of anilines is 1. The van der Waals surface area contributed by atoms with Crippen LogP contribution in [0.4, 0.5) is 14.5 Å². The number of carbonyl (C=O) groups excluding carboxylic acids is 1. The molecule has 0 spiro atoms. The van der Waals surface area contributed by atoms with Gasteiger partial charge in [0.2, 0.25) is 11.7 Å². The maximum Gasteiger partial charge on any atom is 0.267 e. The molecule has 0 aliphatic rings. The van der Waals surface area contributed by atoms with E-state index in [1.54, 1.807) is 29.5 Å². The maximum atomic E-state index is 13.5. The first-order valence-corrected chi connectivity index (χ1v) is 11.6. The Morgan fingerprint density at radius 1 is 1.00 bits per heavy atom. The summed E-state index contributed by atoms with van der Waals surface area (Å²) in [6, 6.07) is 17.8. The van der Waals surface area contributed by atoms with E-state index in [4.69, 9.17) is 0 Å². The van der Waals surface area contributed by atoms with Crippen LogP contribution in [0.3, 0.4) is 0 Å². The van der Waals surface area contributed by atoms with E-state index in [-0.39, 0.29) is 11.2 Å². The fourth-order valence-electron chi connectivity index (χ4n) is 3.82. The summed E-state index contributed by atoms with van der Waals surface area (Å²) < 4.78 is 30.0. The van der Waals surface area contributed by atoms with Crippen LogP contribution in [0.2, 0.25) is 0 Å². The number of halogens is 2. The van der Waals surface area contributed by atoms with Crippen LogP contribution in [0.5, 0.6) is 0 Å². The Kier molecular flexibility index (Phi) is 5.81. The highest BCUT2D eigenvalue weighted by Crippen LogP contribution is 2.27. The Morgan fingerprint density at radius 3 is 2.51 bits per heavy atom. The van der Waals surface area contributed by atoms with Crippen LogP contribution in [-0.2, 0) is 4.79 Å². The van der Waals surface area contributed by atoms with Crippen molar-refractivity contribution in [3.8, 4) is 5.69 Å². The lowest BCUT2D eigenvalue weighted by molar-refractivity contribution is -0.115. The lowest BCUT2D eigenvalue weighted by Crippen LogP contribution is -2.24. The molecule has 7 nitrogen and oxygen atoms in total. The van der Waals surface area contributed by atoms with Gasteiger partial charge in [0.15, 0.2) is 16.8 Å². The molecule has 3 aromatic carbocycles. The van der Waals surface area contributed by atoms with Gasteiger partial charge in [0, 0.05) is 11.8 Å². The van der Waals surface area contributed by atoms with Gasteiger partial charge in [-0.05, 0) is 49.7 Å². The zero-order chi connectivity index (χ0) is 24.7. The predicted octanol–water partition coefficient (Wildman–Crippen LogP) is 4.74. The SMILES string of the molecule is Cc1ccccc1-n1c(=O)c2ccccc2n2c(SC(C)C(=O)Nc3ccc(F)c(F)c3)nnc12. The lowest BCUT2D eigenvalue weighted by Gasteiger charge is -2.14. The van der Waals surface area contributed by atoms with E-state index >= 15 is 0 Å². The number of rotatable bonds is 5. The van der Waals surface area contributed by atoms with Crippen molar-refractivity contribution in [2.75, 3.05) is 5.32 Å². The first-order chi connectivity index (χ1) is 16.8. The Balaban J connectivity index is 1.58. The predicted molar refractivity (Wildman–Crippen MR) is 131 cm³/mol. The molecule has 5 aromatic rings. The summed E-state index contributed by atoms with van der Waals surface area (Å²) in [7, 11) is 0. The molecule has 0 aliphatic heterocycles. The molecule has 0 radical (unpaired) electrons. The van der Waals surface area contributed by atoms with E-state index in [0.717, 1.165) is 29.5 Å². The smallest absolute Gasteiger partial charge is 0.267 e. The molecule has 0 saturated heterocycles. The average Bonchev–Trinajstić information content (AvgIpc) is 3.26. The summed E-state index contributed by atoms with van der Waals surface area (Å²) in [6.45, 7) is 3.57. The molecule has 5 rings (SSSR count). The third-order valence-electron chi connectivity index (χ3n) is 5.59. The zero-order valence-electron chi connectivity index (χ0n) is 18.7. The molecule has 0 bridgehead atoms. The minimum atomic E-state index is -1.05. The van der Waals surface area contributed by atoms with Gasteiger partial charge in [-0.3, -0.25) is 14.0 Å². The van der Waals surface area contributed by atoms with Crippen LogP contribution in [0.1, 0.15) is 12.5 Å². The summed E-state index contributed by atoms with van der Waals surface area (Å²) in [5, 5.41) is 11.4. The number of thioether (sulfide) groups is 1. The number of hydrogen-bond acceptors (Lipinski definition) is 5. The van der Waals surface area contributed by atoms with Crippen LogP contribution in [0.25, 0.3) is 22.4 Å². The number of para-hydroxylation sites is 2. The minimum absolute atomic E-state index is 0.145. The molecular weight excluding hydrogens is 472 g/mol. The number of amides is 1. The van der Waals surface area contributed by atoms with E-state index in [2.05, 4.69) is 15.5 Å². The molecule has 0 aliphatic carbocycles. The third kappa shape index (κ3) is 4.06. The van der Waals surface area contributed by atoms with Crippen molar-refractivity contribution in [3.63, 3.8) is 0 Å². The quantitative estimate of drug-likeness (QED) is 0.359. The topological polar surface area (TPSA) is 81.3 Å². The summed E-state index contributed by atoms with van der Waals surface area (Å²) in [6.07, 6.45) is 0. The molecule has 0 fully saturated rings. The molecule has 2 heterocycles. The Labute approximate surface area is 202 Å². The van der Waals surface area contributed by atoms with Crippen molar-refractivity contribution in [1.82, 2.24) is 19.2 Å². The summed E-state index contributed by atoms with van der Waals surface area (Å²) >= 11 is 1.14. The standard InChI is InChI=1S/C25H19F2N5O2S/c1-14-7-3-5-9-20(14)31-23(34)17-8-4-6-10-21(17)32-24(31)29-30-25(32)35-15(2)22(33)28-16-11-12-18(26)19(27)13-16/h3-13,15H,1-2H3,(H,28,33). The fourth-order valence-corrected chi connectivity index (χ4v) is 4.67. The number of benzene rings is 3. The molecule has 176 valence electrons. The van der Waals surface area contributed by atoms with Crippen LogP contribution in [0, 0.1) is 18.6 Å². The van der Waals surface area contributed by atoms with Crippen LogP contribution in [-0.4, -0.2) is 30.3 Å². The molecule has 35 heavy (non-hydrogen) atoms. The van der Waals surface area contributed by atoms with Crippen LogP contribution in [0.15, 0.2) is 76.7 Å². The second-order valence-electron chi connectivity index (χ2n) is 7.94. The van der Waals surface area contributed by atoms with Crippen molar-refractivity contribution in [3.05, 3.63) is 94.3 Å². The van der Waals surface area contributed by atoms with Gasteiger partial charge in [-0.1, -0.05) is 42.1 Å². The van der Waals surface area contributed by atoms with Crippen LogP contribution >= 0.6 is 11.8 Å². The van der Waals surface area contributed by atoms with E-state index in [9.17, 15) is 18.4 Å². The van der Waals surface area contributed by atoms with Crippen molar-refractivity contribution >= 4 is 40.0 Å². The maximum absolute atomic E-state index is 13.5. The number of aromatic nitrogens is 4. The summed E-state index contributed by atoms with van der Waals surface area (Å²) in [4.78, 5) is 26.2. The lowest BCUT2D eigenvalue weighted by atomic mass is 10.2. The van der Waals surface area contributed by atoms with E-state index in [0.29, 0.717) is 27.5 Å². The zero-order valence-corrected chi connectivity index (χ0v) is 19.5. The number of hydrogen-bond donors (Lipinski definition) is 1. The fraction of sp³-hybridized carbons (Fsp3) is 0.120. The van der Waals surface area contributed by atoms with E-state index < -0.39 is 22.8 Å². The summed E-state index contributed by atoms with van der Waals surface area (Å²) in [5.74, 6) is -2.15. The number of nitrogens with one attached hydrogen (secondary N) is 1. The highest BCUT2D eigenvalue weighted by atomic mass is 32.2.